The molecule has 0 saturated carbocycles. The molecule has 1 aliphatic rings. The fraction of sp³-hybridized carbons (Fsp3) is 0.647. The fourth-order valence-corrected chi connectivity index (χ4v) is 2.88. The highest BCUT2D eigenvalue weighted by Crippen LogP contribution is 2.27. The molecule has 0 aliphatic carbocycles. The van der Waals surface area contributed by atoms with Gasteiger partial charge in [-0.15, -0.1) is 0 Å². The normalized spacial score (nSPS) is 15.3. The standard InChI is InChI=1S/C17H28N2O/c1-17(2,8-10-20)13-18-12-14-6-7-16-15(11-14)5-4-9-19(16)3/h6-7,11,18,20H,4-5,8-10,12-13H2,1-3H3. The zero-order chi connectivity index (χ0) is 14.6. The Kier molecular flexibility index (Phi) is 5.06. The summed E-state index contributed by atoms with van der Waals surface area (Å²) in [6, 6.07) is 6.83. The Balaban J connectivity index is 1.91. The Bertz CT molecular complexity index is 443. The van der Waals surface area contributed by atoms with E-state index in [1.54, 1.807) is 0 Å². The van der Waals surface area contributed by atoms with E-state index in [2.05, 4.69) is 49.3 Å². The predicted octanol–water partition coefficient (Wildman–Crippen LogP) is 2.57. The first-order chi connectivity index (χ1) is 9.52. The van der Waals surface area contributed by atoms with Gasteiger partial charge < -0.3 is 15.3 Å². The Morgan fingerprint density at radius 1 is 1.35 bits per heavy atom. The summed E-state index contributed by atoms with van der Waals surface area (Å²) in [5.41, 5.74) is 4.38. The number of nitrogens with zero attached hydrogens (tertiary/aromatic N) is 1. The first-order valence-electron chi connectivity index (χ1n) is 7.66. The van der Waals surface area contributed by atoms with Gasteiger partial charge in [-0.05, 0) is 41.9 Å². The zero-order valence-electron chi connectivity index (χ0n) is 13.1. The van der Waals surface area contributed by atoms with Crippen molar-refractivity contribution in [1.82, 2.24) is 5.32 Å². The molecule has 0 aromatic heterocycles. The van der Waals surface area contributed by atoms with E-state index >= 15 is 0 Å². The monoisotopic (exact) mass is 276 g/mol. The number of fused-ring (bicyclic) bond motifs is 1. The first-order valence-corrected chi connectivity index (χ1v) is 7.66. The predicted molar refractivity (Wildman–Crippen MR) is 85.2 cm³/mol. The first kappa shape index (κ1) is 15.3. The molecule has 3 nitrogen and oxygen atoms in total. The van der Waals surface area contributed by atoms with E-state index in [-0.39, 0.29) is 12.0 Å². The lowest BCUT2D eigenvalue weighted by molar-refractivity contribution is 0.207. The van der Waals surface area contributed by atoms with Crippen molar-refractivity contribution in [2.45, 2.75) is 39.7 Å². The minimum absolute atomic E-state index is 0.156. The molecule has 0 saturated heterocycles. The lowest BCUT2D eigenvalue weighted by atomic mass is 9.89. The SMILES string of the molecule is CN1CCCc2cc(CNCC(C)(C)CCO)ccc21. The second kappa shape index (κ2) is 6.59. The number of rotatable bonds is 6. The highest BCUT2D eigenvalue weighted by molar-refractivity contribution is 5.56. The molecule has 1 heterocycles. The van der Waals surface area contributed by atoms with Crippen LogP contribution in [0.25, 0.3) is 0 Å². The van der Waals surface area contributed by atoms with Gasteiger partial charge in [-0.25, -0.2) is 0 Å². The third-order valence-corrected chi connectivity index (χ3v) is 4.22. The van der Waals surface area contributed by atoms with Crippen molar-refractivity contribution in [3.8, 4) is 0 Å². The summed E-state index contributed by atoms with van der Waals surface area (Å²) in [5.74, 6) is 0. The van der Waals surface area contributed by atoms with Gasteiger partial charge in [-0.2, -0.15) is 0 Å². The summed E-state index contributed by atoms with van der Waals surface area (Å²) < 4.78 is 0. The highest BCUT2D eigenvalue weighted by Gasteiger charge is 2.17. The van der Waals surface area contributed by atoms with Crippen molar-refractivity contribution >= 4 is 5.69 Å². The average Bonchev–Trinajstić information content (AvgIpc) is 2.38. The molecular weight excluding hydrogens is 248 g/mol. The molecule has 112 valence electrons. The lowest BCUT2D eigenvalue weighted by Crippen LogP contribution is -2.30. The van der Waals surface area contributed by atoms with Crippen LogP contribution in [0, 0.1) is 5.41 Å². The number of anilines is 1. The molecule has 0 unspecified atom stereocenters. The minimum atomic E-state index is 0.156. The van der Waals surface area contributed by atoms with Crippen molar-refractivity contribution in [2.24, 2.45) is 5.41 Å². The van der Waals surface area contributed by atoms with Gasteiger partial charge in [0, 0.05) is 39.0 Å². The molecule has 0 radical (unpaired) electrons. The number of aliphatic hydroxyl groups excluding tert-OH is 1. The minimum Gasteiger partial charge on any atom is -0.396 e. The molecule has 1 aliphatic heterocycles. The topological polar surface area (TPSA) is 35.5 Å². The van der Waals surface area contributed by atoms with Crippen LogP contribution in [0.4, 0.5) is 5.69 Å². The summed E-state index contributed by atoms with van der Waals surface area (Å²) in [5, 5.41) is 12.6. The van der Waals surface area contributed by atoms with Crippen LogP contribution >= 0.6 is 0 Å². The Morgan fingerprint density at radius 3 is 2.90 bits per heavy atom. The quantitative estimate of drug-likeness (QED) is 0.838. The molecule has 2 rings (SSSR count). The number of benzene rings is 1. The molecule has 0 atom stereocenters. The maximum absolute atomic E-state index is 9.04. The van der Waals surface area contributed by atoms with Gasteiger partial charge in [0.1, 0.15) is 0 Å². The van der Waals surface area contributed by atoms with Crippen molar-refractivity contribution < 1.29 is 5.11 Å². The van der Waals surface area contributed by atoms with Gasteiger partial charge >= 0.3 is 0 Å². The largest absolute Gasteiger partial charge is 0.396 e. The second-order valence-electron chi connectivity index (χ2n) is 6.73. The van der Waals surface area contributed by atoms with E-state index in [9.17, 15) is 0 Å². The van der Waals surface area contributed by atoms with Gasteiger partial charge in [0.2, 0.25) is 0 Å². The smallest absolute Gasteiger partial charge is 0.0436 e. The number of hydrogen-bond donors (Lipinski definition) is 2. The van der Waals surface area contributed by atoms with Gasteiger partial charge in [-0.3, -0.25) is 0 Å². The molecule has 0 amide bonds. The van der Waals surface area contributed by atoms with Crippen molar-refractivity contribution in [1.29, 1.82) is 0 Å². The summed E-state index contributed by atoms with van der Waals surface area (Å²) >= 11 is 0. The lowest BCUT2D eigenvalue weighted by Gasteiger charge is -2.28. The van der Waals surface area contributed by atoms with E-state index in [1.807, 2.05) is 0 Å². The van der Waals surface area contributed by atoms with Crippen LogP contribution in [-0.4, -0.2) is 31.9 Å². The van der Waals surface area contributed by atoms with E-state index in [4.69, 9.17) is 5.11 Å². The van der Waals surface area contributed by atoms with E-state index in [1.165, 1.54) is 36.2 Å². The van der Waals surface area contributed by atoms with Crippen LogP contribution in [-0.2, 0) is 13.0 Å². The summed E-state index contributed by atoms with van der Waals surface area (Å²) in [7, 11) is 2.17. The Hall–Kier alpha value is -1.06. The third-order valence-electron chi connectivity index (χ3n) is 4.22. The van der Waals surface area contributed by atoms with Crippen molar-refractivity contribution in [2.75, 3.05) is 31.6 Å². The number of nitrogens with one attached hydrogen (secondary N) is 1. The van der Waals surface area contributed by atoms with Gasteiger partial charge in [0.05, 0.1) is 0 Å². The van der Waals surface area contributed by atoms with Crippen LogP contribution in [0.3, 0.4) is 0 Å². The van der Waals surface area contributed by atoms with E-state index < -0.39 is 0 Å². The van der Waals surface area contributed by atoms with Crippen LogP contribution in [0.1, 0.15) is 37.8 Å². The highest BCUT2D eigenvalue weighted by atomic mass is 16.3. The average molecular weight is 276 g/mol. The van der Waals surface area contributed by atoms with Crippen LogP contribution in [0.15, 0.2) is 18.2 Å². The summed E-state index contributed by atoms with van der Waals surface area (Å²) in [6.45, 7) is 7.66. The molecule has 0 fully saturated rings. The number of aryl methyl sites for hydroxylation is 1. The van der Waals surface area contributed by atoms with Crippen LogP contribution < -0.4 is 10.2 Å². The molecule has 2 N–H and O–H groups in total. The Labute approximate surface area is 123 Å². The third kappa shape index (κ3) is 3.97. The molecule has 20 heavy (non-hydrogen) atoms. The molecular formula is C17H28N2O. The number of aliphatic hydroxyl groups is 1. The fourth-order valence-electron chi connectivity index (χ4n) is 2.88. The molecule has 0 bridgehead atoms. The second-order valence-corrected chi connectivity index (χ2v) is 6.73. The van der Waals surface area contributed by atoms with Gasteiger partial charge in [-0.1, -0.05) is 26.0 Å². The van der Waals surface area contributed by atoms with E-state index in [0.29, 0.717) is 0 Å². The van der Waals surface area contributed by atoms with E-state index in [0.717, 1.165) is 19.5 Å². The van der Waals surface area contributed by atoms with Crippen LogP contribution in [0.2, 0.25) is 0 Å². The number of hydrogen-bond acceptors (Lipinski definition) is 3. The maximum Gasteiger partial charge on any atom is 0.0436 e. The Morgan fingerprint density at radius 2 is 2.15 bits per heavy atom. The maximum atomic E-state index is 9.04. The van der Waals surface area contributed by atoms with Crippen molar-refractivity contribution in [3.05, 3.63) is 29.3 Å². The molecule has 1 aromatic rings. The molecule has 1 aromatic carbocycles. The molecule has 3 heteroatoms. The zero-order valence-corrected chi connectivity index (χ0v) is 13.1. The van der Waals surface area contributed by atoms with Gasteiger partial charge in [0.15, 0.2) is 0 Å². The van der Waals surface area contributed by atoms with Crippen LogP contribution in [0.5, 0.6) is 0 Å². The molecule has 0 spiro atoms. The summed E-state index contributed by atoms with van der Waals surface area (Å²) in [4.78, 5) is 2.35. The van der Waals surface area contributed by atoms with Gasteiger partial charge in [0.25, 0.3) is 0 Å². The van der Waals surface area contributed by atoms with Crippen molar-refractivity contribution in [3.63, 3.8) is 0 Å². The summed E-state index contributed by atoms with van der Waals surface area (Å²) in [6.07, 6.45) is 3.29.